The molecule has 24 heavy (non-hydrogen) atoms. The average Bonchev–Trinajstić information content (AvgIpc) is 2.79. The topological polar surface area (TPSA) is 49.4 Å². The van der Waals surface area contributed by atoms with Crippen molar-refractivity contribution in [1.82, 2.24) is 5.32 Å². The minimum Gasteiger partial charge on any atom is -0.341 e. The van der Waals surface area contributed by atoms with Gasteiger partial charge in [0.25, 0.3) is 5.91 Å². The molecule has 0 bridgehead atoms. The van der Waals surface area contributed by atoms with Crippen LogP contribution in [0.2, 0.25) is 15.1 Å². The van der Waals surface area contributed by atoms with E-state index >= 15 is 0 Å². The zero-order chi connectivity index (χ0) is 17.4. The molecule has 1 atom stereocenters. The van der Waals surface area contributed by atoms with Crippen molar-refractivity contribution in [2.45, 2.75) is 19.5 Å². The molecular formula is C17H13Cl3N2O2. The number of rotatable bonds is 3. The molecule has 1 heterocycles. The van der Waals surface area contributed by atoms with Crippen molar-refractivity contribution >= 4 is 52.3 Å². The van der Waals surface area contributed by atoms with Gasteiger partial charge in [-0.25, -0.2) is 0 Å². The maximum atomic E-state index is 12.9. The lowest BCUT2D eigenvalue weighted by Crippen LogP contribution is -2.36. The van der Waals surface area contributed by atoms with E-state index in [-0.39, 0.29) is 18.4 Å². The number of carbonyl (C=O) groups excluding carboxylic acids is 2. The Balaban J connectivity index is 2.09. The van der Waals surface area contributed by atoms with Crippen molar-refractivity contribution in [1.29, 1.82) is 0 Å². The third-order valence-corrected chi connectivity index (χ3v) is 4.82. The molecule has 0 unspecified atom stereocenters. The summed E-state index contributed by atoms with van der Waals surface area (Å²) in [5, 5.41) is 3.96. The molecule has 2 aromatic carbocycles. The van der Waals surface area contributed by atoms with Gasteiger partial charge in [-0.2, -0.15) is 0 Å². The Bertz CT molecular complexity index is 839. The van der Waals surface area contributed by atoms with E-state index in [1.54, 1.807) is 18.2 Å². The molecule has 124 valence electrons. The van der Waals surface area contributed by atoms with Crippen LogP contribution in [-0.2, 0) is 16.1 Å². The molecule has 4 nitrogen and oxygen atoms in total. The molecule has 0 spiro atoms. The van der Waals surface area contributed by atoms with E-state index in [9.17, 15) is 9.59 Å². The van der Waals surface area contributed by atoms with Gasteiger partial charge in [-0.15, -0.1) is 0 Å². The Morgan fingerprint density at radius 1 is 1.08 bits per heavy atom. The Kier molecular flexibility index (Phi) is 4.72. The lowest BCUT2D eigenvalue weighted by atomic mass is 10.1. The summed E-state index contributed by atoms with van der Waals surface area (Å²) in [6, 6.07) is 9.63. The molecule has 2 aromatic rings. The molecular weight excluding hydrogens is 371 g/mol. The Morgan fingerprint density at radius 3 is 2.42 bits per heavy atom. The van der Waals surface area contributed by atoms with Gasteiger partial charge in [-0.1, -0.05) is 53.0 Å². The highest BCUT2D eigenvalue weighted by molar-refractivity contribution is 6.38. The maximum Gasteiger partial charge on any atom is 0.254 e. The summed E-state index contributed by atoms with van der Waals surface area (Å²) in [7, 11) is 0. The Morgan fingerprint density at radius 2 is 1.75 bits per heavy atom. The molecule has 0 radical (unpaired) electrons. The second-order valence-electron chi connectivity index (χ2n) is 5.44. The highest BCUT2D eigenvalue weighted by Gasteiger charge is 2.41. The standard InChI is InChI=1S/C17H13Cl3N2O2/c1-9(23)21-15-14-12(19)6-7-13(20)16(14)22(17(15)24)8-10-4-2-3-5-11(10)18/h2-7,15H,8H2,1H3,(H,21,23)/t15-/m0/s1. The number of nitrogens with one attached hydrogen (secondary N) is 1. The number of fused-ring (bicyclic) bond motifs is 1. The highest BCUT2D eigenvalue weighted by atomic mass is 35.5. The lowest BCUT2D eigenvalue weighted by molar-refractivity contribution is -0.126. The number of hydrogen-bond donors (Lipinski definition) is 1. The normalized spacial score (nSPS) is 16.2. The van der Waals surface area contributed by atoms with E-state index in [2.05, 4.69) is 5.32 Å². The molecule has 2 amide bonds. The van der Waals surface area contributed by atoms with Crippen LogP contribution in [0, 0.1) is 0 Å². The molecule has 0 aromatic heterocycles. The fourth-order valence-corrected chi connectivity index (χ4v) is 3.51. The largest absolute Gasteiger partial charge is 0.341 e. The molecule has 0 saturated carbocycles. The van der Waals surface area contributed by atoms with Crippen LogP contribution in [-0.4, -0.2) is 11.8 Å². The monoisotopic (exact) mass is 382 g/mol. The summed E-state index contributed by atoms with van der Waals surface area (Å²) in [6.45, 7) is 1.59. The molecule has 0 fully saturated rings. The number of anilines is 1. The summed E-state index contributed by atoms with van der Waals surface area (Å²) in [6.07, 6.45) is 0. The van der Waals surface area contributed by atoms with Crippen molar-refractivity contribution in [3.8, 4) is 0 Å². The summed E-state index contributed by atoms with van der Waals surface area (Å²) >= 11 is 18.8. The molecule has 1 aliphatic rings. The van der Waals surface area contributed by atoms with Gasteiger partial charge >= 0.3 is 0 Å². The quantitative estimate of drug-likeness (QED) is 0.855. The summed E-state index contributed by atoms with van der Waals surface area (Å²) in [5.74, 6) is -0.620. The third-order valence-electron chi connectivity index (χ3n) is 3.82. The van der Waals surface area contributed by atoms with Crippen molar-refractivity contribution in [2.24, 2.45) is 0 Å². The van der Waals surface area contributed by atoms with Crippen LogP contribution in [0.5, 0.6) is 0 Å². The van der Waals surface area contributed by atoms with Crippen LogP contribution in [0.15, 0.2) is 36.4 Å². The SMILES string of the molecule is CC(=O)N[C@@H]1C(=O)N(Cc2ccccc2Cl)c2c(Cl)ccc(Cl)c21. The fraction of sp³-hybridized carbons (Fsp3) is 0.176. The molecule has 1 N–H and O–H groups in total. The van der Waals surface area contributed by atoms with Gasteiger partial charge < -0.3 is 10.2 Å². The van der Waals surface area contributed by atoms with Crippen molar-refractivity contribution in [3.05, 3.63) is 62.6 Å². The molecule has 3 rings (SSSR count). The third kappa shape index (κ3) is 2.97. The zero-order valence-corrected chi connectivity index (χ0v) is 14.9. The van der Waals surface area contributed by atoms with E-state index in [4.69, 9.17) is 34.8 Å². The van der Waals surface area contributed by atoms with Gasteiger partial charge in [-0.05, 0) is 23.8 Å². The van der Waals surface area contributed by atoms with Crippen LogP contribution in [0.25, 0.3) is 0 Å². The van der Waals surface area contributed by atoms with E-state index < -0.39 is 6.04 Å². The fourth-order valence-electron chi connectivity index (χ4n) is 2.79. The number of hydrogen-bond acceptors (Lipinski definition) is 2. The number of carbonyl (C=O) groups is 2. The van der Waals surface area contributed by atoms with Gasteiger partial charge in [0.05, 0.1) is 17.3 Å². The summed E-state index contributed by atoms with van der Waals surface area (Å²) < 4.78 is 0. The van der Waals surface area contributed by atoms with Gasteiger partial charge in [0.2, 0.25) is 5.91 Å². The van der Waals surface area contributed by atoms with Gasteiger partial charge in [0.15, 0.2) is 0 Å². The highest BCUT2D eigenvalue weighted by Crippen LogP contribution is 2.45. The first kappa shape index (κ1) is 17.1. The molecule has 0 aliphatic carbocycles. The lowest BCUT2D eigenvalue weighted by Gasteiger charge is -2.19. The minimum absolute atomic E-state index is 0.238. The van der Waals surface area contributed by atoms with E-state index in [1.165, 1.54) is 11.8 Å². The number of benzene rings is 2. The molecule has 1 aliphatic heterocycles. The Labute approximate surface area is 154 Å². The van der Waals surface area contributed by atoms with Crippen LogP contribution in [0.1, 0.15) is 24.1 Å². The number of halogens is 3. The van der Waals surface area contributed by atoms with Crippen LogP contribution in [0.4, 0.5) is 5.69 Å². The molecule has 7 heteroatoms. The number of nitrogens with zero attached hydrogens (tertiary/aromatic N) is 1. The van der Waals surface area contributed by atoms with Crippen molar-refractivity contribution in [3.63, 3.8) is 0 Å². The second-order valence-corrected chi connectivity index (χ2v) is 6.66. The maximum absolute atomic E-state index is 12.9. The summed E-state index contributed by atoms with van der Waals surface area (Å²) in [4.78, 5) is 25.9. The smallest absolute Gasteiger partial charge is 0.254 e. The van der Waals surface area contributed by atoms with Crippen molar-refractivity contribution in [2.75, 3.05) is 4.90 Å². The van der Waals surface area contributed by atoms with Crippen LogP contribution < -0.4 is 10.2 Å². The minimum atomic E-state index is -0.855. The van der Waals surface area contributed by atoms with Gasteiger partial charge in [0.1, 0.15) is 6.04 Å². The summed E-state index contributed by atoms with van der Waals surface area (Å²) in [5.41, 5.74) is 1.79. The van der Waals surface area contributed by atoms with Crippen LogP contribution in [0.3, 0.4) is 0 Å². The first-order chi connectivity index (χ1) is 11.4. The average molecular weight is 384 g/mol. The van der Waals surface area contributed by atoms with E-state index in [0.29, 0.717) is 26.3 Å². The van der Waals surface area contributed by atoms with Crippen LogP contribution >= 0.6 is 34.8 Å². The van der Waals surface area contributed by atoms with Crippen molar-refractivity contribution < 1.29 is 9.59 Å². The Hall–Kier alpha value is -1.75. The first-order valence-corrected chi connectivity index (χ1v) is 8.33. The van der Waals surface area contributed by atoms with Gasteiger partial charge in [0, 0.05) is 22.5 Å². The predicted octanol–water partition coefficient (Wildman–Crippen LogP) is 4.37. The van der Waals surface area contributed by atoms with Gasteiger partial charge in [-0.3, -0.25) is 9.59 Å². The number of amides is 2. The molecule has 0 saturated heterocycles. The first-order valence-electron chi connectivity index (χ1n) is 7.20. The zero-order valence-electron chi connectivity index (χ0n) is 12.6. The second kappa shape index (κ2) is 6.63. The van der Waals surface area contributed by atoms with E-state index in [1.807, 2.05) is 18.2 Å². The predicted molar refractivity (Wildman–Crippen MR) is 95.7 cm³/mol. The van der Waals surface area contributed by atoms with E-state index in [0.717, 1.165) is 5.56 Å².